The van der Waals surface area contributed by atoms with Crippen molar-refractivity contribution in [3.8, 4) is 5.75 Å². The summed E-state index contributed by atoms with van der Waals surface area (Å²) in [6.45, 7) is 1.23. The van der Waals surface area contributed by atoms with Crippen LogP contribution in [0.5, 0.6) is 5.75 Å². The molecule has 0 bridgehead atoms. The maximum Gasteiger partial charge on any atom is 0.270 e. The Morgan fingerprint density at radius 3 is 2.44 bits per heavy atom. The average Bonchev–Trinajstić information content (AvgIpc) is 2.74. The minimum atomic E-state index is -0.198. The Bertz CT molecular complexity index is 850. The lowest BCUT2D eigenvalue weighted by Crippen LogP contribution is -2.23. The van der Waals surface area contributed by atoms with E-state index in [-0.39, 0.29) is 5.91 Å². The molecule has 3 rings (SSSR count). The Morgan fingerprint density at radius 2 is 1.78 bits per heavy atom. The molecule has 3 aromatic rings. The molecule has 6 nitrogen and oxygen atoms in total. The Balaban J connectivity index is 1.45. The van der Waals surface area contributed by atoms with Crippen molar-refractivity contribution in [2.45, 2.75) is 13.0 Å². The van der Waals surface area contributed by atoms with Gasteiger partial charge in [0.15, 0.2) is 0 Å². The zero-order valence-corrected chi connectivity index (χ0v) is 15.2. The highest BCUT2D eigenvalue weighted by Crippen LogP contribution is 2.12. The molecule has 6 heteroatoms. The number of nitrogens with zero attached hydrogens (tertiary/aromatic N) is 2. The van der Waals surface area contributed by atoms with Gasteiger partial charge in [-0.2, -0.15) is 0 Å². The quantitative estimate of drug-likeness (QED) is 0.644. The molecule has 0 spiro atoms. The number of carbonyl (C=O) groups excluding carboxylic acids is 1. The van der Waals surface area contributed by atoms with Crippen LogP contribution in [0.4, 0.5) is 5.69 Å². The number of ether oxygens (including phenoxy) is 1. The molecule has 138 valence electrons. The largest absolute Gasteiger partial charge is 0.497 e. The van der Waals surface area contributed by atoms with Crippen LogP contribution in [0.1, 0.15) is 21.6 Å². The number of rotatable bonds is 8. The molecule has 0 saturated carbocycles. The second-order valence-electron chi connectivity index (χ2n) is 6.00. The van der Waals surface area contributed by atoms with Crippen LogP contribution in [0, 0.1) is 0 Å². The molecule has 1 amide bonds. The number of amides is 1. The highest BCUT2D eigenvalue weighted by atomic mass is 16.5. The van der Waals surface area contributed by atoms with Crippen LogP contribution in [0.25, 0.3) is 0 Å². The van der Waals surface area contributed by atoms with E-state index in [0.29, 0.717) is 12.2 Å². The van der Waals surface area contributed by atoms with Gasteiger partial charge < -0.3 is 15.4 Å². The van der Waals surface area contributed by atoms with E-state index in [1.54, 1.807) is 31.8 Å². The van der Waals surface area contributed by atoms with Gasteiger partial charge >= 0.3 is 0 Å². The zero-order chi connectivity index (χ0) is 18.9. The summed E-state index contributed by atoms with van der Waals surface area (Å²) in [4.78, 5) is 20.4. The van der Waals surface area contributed by atoms with E-state index in [1.807, 2.05) is 30.3 Å². The van der Waals surface area contributed by atoms with Crippen molar-refractivity contribution in [1.82, 2.24) is 15.3 Å². The number of pyridine rings is 2. The summed E-state index contributed by atoms with van der Waals surface area (Å²) in [7, 11) is 1.66. The molecule has 0 unspecified atom stereocenters. The molecule has 2 N–H and O–H groups in total. The molecule has 2 heterocycles. The van der Waals surface area contributed by atoms with E-state index in [9.17, 15) is 4.79 Å². The number of hydrogen-bond acceptors (Lipinski definition) is 5. The van der Waals surface area contributed by atoms with Crippen LogP contribution in [0.15, 0.2) is 67.1 Å². The molecule has 1 aromatic carbocycles. The van der Waals surface area contributed by atoms with Crippen molar-refractivity contribution >= 4 is 11.6 Å². The number of hydrogen-bond donors (Lipinski definition) is 2. The first kappa shape index (κ1) is 18.4. The van der Waals surface area contributed by atoms with E-state index in [1.165, 1.54) is 5.56 Å². The first-order valence-electron chi connectivity index (χ1n) is 8.74. The van der Waals surface area contributed by atoms with Crippen LogP contribution < -0.4 is 15.4 Å². The Hall–Kier alpha value is -3.41. The minimum Gasteiger partial charge on any atom is -0.497 e. The first-order valence-corrected chi connectivity index (χ1v) is 8.74. The molecule has 0 aliphatic heterocycles. The van der Waals surface area contributed by atoms with Crippen molar-refractivity contribution in [2.75, 3.05) is 19.0 Å². The summed E-state index contributed by atoms with van der Waals surface area (Å²) in [5.74, 6) is 0.658. The van der Waals surface area contributed by atoms with Gasteiger partial charge in [-0.3, -0.25) is 9.78 Å². The van der Waals surface area contributed by atoms with E-state index < -0.39 is 0 Å². The van der Waals surface area contributed by atoms with Crippen LogP contribution in [0.2, 0.25) is 0 Å². The number of carbonyl (C=O) groups is 1. The molecule has 27 heavy (non-hydrogen) atoms. The van der Waals surface area contributed by atoms with Gasteiger partial charge in [0.05, 0.1) is 19.0 Å². The fourth-order valence-corrected chi connectivity index (χ4v) is 2.55. The average molecular weight is 362 g/mol. The van der Waals surface area contributed by atoms with Crippen molar-refractivity contribution < 1.29 is 9.53 Å². The lowest BCUT2D eigenvalue weighted by Gasteiger charge is -2.08. The Kier molecular flexibility index (Phi) is 6.35. The van der Waals surface area contributed by atoms with Crippen molar-refractivity contribution in [3.05, 3.63) is 83.9 Å². The standard InChI is InChI=1S/C21H22N4O2/c1-27-19-5-2-16(3-6-19)10-13-23-18-4-7-20(24-15-18)21(26)25-14-17-8-11-22-12-9-17/h2-9,11-12,15,23H,10,13-14H2,1H3,(H,25,26). The fraction of sp³-hybridized carbons (Fsp3) is 0.190. The lowest BCUT2D eigenvalue weighted by atomic mass is 10.1. The first-order chi connectivity index (χ1) is 13.2. The third-order valence-corrected chi connectivity index (χ3v) is 4.10. The molecule has 0 fully saturated rings. The highest BCUT2D eigenvalue weighted by molar-refractivity contribution is 5.92. The van der Waals surface area contributed by atoms with E-state index >= 15 is 0 Å². The second-order valence-corrected chi connectivity index (χ2v) is 6.00. The molecule has 0 atom stereocenters. The van der Waals surface area contributed by atoms with Crippen LogP contribution >= 0.6 is 0 Å². The van der Waals surface area contributed by atoms with Gasteiger partial charge in [0.1, 0.15) is 11.4 Å². The zero-order valence-electron chi connectivity index (χ0n) is 15.2. The third-order valence-electron chi connectivity index (χ3n) is 4.10. The smallest absolute Gasteiger partial charge is 0.270 e. The van der Waals surface area contributed by atoms with Crippen molar-refractivity contribution in [3.63, 3.8) is 0 Å². The summed E-state index contributed by atoms with van der Waals surface area (Å²) in [5.41, 5.74) is 3.50. The van der Waals surface area contributed by atoms with Crippen molar-refractivity contribution in [1.29, 1.82) is 0 Å². The number of benzene rings is 1. The lowest BCUT2D eigenvalue weighted by molar-refractivity contribution is 0.0946. The van der Waals surface area contributed by atoms with Crippen LogP contribution in [-0.4, -0.2) is 29.5 Å². The highest BCUT2D eigenvalue weighted by Gasteiger charge is 2.06. The number of aromatic nitrogens is 2. The normalized spacial score (nSPS) is 10.3. The van der Waals surface area contributed by atoms with Gasteiger partial charge in [-0.05, 0) is 53.9 Å². The topological polar surface area (TPSA) is 76.1 Å². The molecular weight excluding hydrogens is 340 g/mol. The summed E-state index contributed by atoms with van der Waals surface area (Å²) >= 11 is 0. The second kappa shape index (κ2) is 9.33. The van der Waals surface area contributed by atoms with E-state index in [2.05, 4.69) is 32.7 Å². The van der Waals surface area contributed by atoms with E-state index in [0.717, 1.165) is 30.0 Å². The Labute approximate surface area is 158 Å². The fourth-order valence-electron chi connectivity index (χ4n) is 2.55. The monoisotopic (exact) mass is 362 g/mol. The van der Waals surface area contributed by atoms with Gasteiger partial charge in [0, 0.05) is 25.5 Å². The van der Waals surface area contributed by atoms with Crippen LogP contribution in [-0.2, 0) is 13.0 Å². The Morgan fingerprint density at radius 1 is 1.00 bits per heavy atom. The maximum atomic E-state index is 12.2. The molecule has 0 saturated heterocycles. The minimum absolute atomic E-state index is 0.198. The summed E-state index contributed by atoms with van der Waals surface area (Å²) in [6.07, 6.45) is 5.96. The molecule has 0 aliphatic rings. The van der Waals surface area contributed by atoms with Gasteiger partial charge in [-0.25, -0.2) is 4.98 Å². The predicted octanol–water partition coefficient (Wildman–Crippen LogP) is 3.07. The molecule has 2 aromatic heterocycles. The van der Waals surface area contributed by atoms with Crippen molar-refractivity contribution in [2.24, 2.45) is 0 Å². The van der Waals surface area contributed by atoms with E-state index in [4.69, 9.17) is 4.74 Å². The van der Waals surface area contributed by atoms with Gasteiger partial charge in [-0.15, -0.1) is 0 Å². The number of nitrogens with one attached hydrogen (secondary N) is 2. The summed E-state index contributed by atoms with van der Waals surface area (Å²) < 4.78 is 5.16. The summed E-state index contributed by atoms with van der Waals surface area (Å²) in [5, 5.41) is 6.16. The molecule has 0 aliphatic carbocycles. The van der Waals surface area contributed by atoms with Gasteiger partial charge in [0.25, 0.3) is 5.91 Å². The number of methoxy groups -OCH3 is 1. The third kappa shape index (κ3) is 5.54. The summed E-state index contributed by atoms with van der Waals surface area (Å²) in [6, 6.07) is 15.3. The SMILES string of the molecule is COc1ccc(CCNc2ccc(C(=O)NCc3ccncc3)nc2)cc1. The van der Waals surface area contributed by atoms with Crippen LogP contribution in [0.3, 0.4) is 0 Å². The maximum absolute atomic E-state index is 12.2. The van der Waals surface area contributed by atoms with Gasteiger partial charge in [0.2, 0.25) is 0 Å². The number of anilines is 1. The molecular formula is C21H22N4O2. The van der Waals surface area contributed by atoms with Gasteiger partial charge in [-0.1, -0.05) is 12.1 Å². The predicted molar refractivity (Wildman–Crippen MR) is 105 cm³/mol. The molecule has 0 radical (unpaired) electrons.